The van der Waals surface area contributed by atoms with E-state index in [1.807, 2.05) is 61.7 Å². The lowest BCUT2D eigenvalue weighted by Crippen LogP contribution is -2.45. The smallest absolute Gasteiger partial charge is 0.233 e. The van der Waals surface area contributed by atoms with Gasteiger partial charge in [0.15, 0.2) is 0 Å². The largest absolute Gasteiger partial charge is 0.369 e. The van der Waals surface area contributed by atoms with Crippen molar-refractivity contribution in [1.82, 2.24) is 0 Å². The van der Waals surface area contributed by atoms with E-state index in [1.54, 1.807) is 11.3 Å². The Morgan fingerprint density at radius 3 is 2.28 bits per heavy atom. The highest BCUT2D eigenvalue weighted by Gasteiger charge is 2.44. The van der Waals surface area contributed by atoms with E-state index < -0.39 is 5.41 Å². The fourth-order valence-corrected chi connectivity index (χ4v) is 3.61. The molecule has 1 amide bonds. The maximum absolute atomic E-state index is 12.2. The lowest BCUT2D eigenvalue weighted by molar-refractivity contribution is -0.123. The van der Waals surface area contributed by atoms with Crippen molar-refractivity contribution in [2.75, 3.05) is 0 Å². The van der Waals surface area contributed by atoms with Crippen molar-refractivity contribution in [3.63, 3.8) is 0 Å². The maximum atomic E-state index is 12.2. The molecule has 1 aromatic heterocycles. The van der Waals surface area contributed by atoms with E-state index in [1.165, 1.54) is 0 Å². The molecule has 2 nitrogen and oxygen atoms in total. The minimum atomic E-state index is -0.727. The molecular formula is C15H17NOS. The summed E-state index contributed by atoms with van der Waals surface area (Å²) in [5.41, 5.74) is 6.00. The van der Waals surface area contributed by atoms with Gasteiger partial charge < -0.3 is 5.73 Å². The van der Waals surface area contributed by atoms with Crippen molar-refractivity contribution < 1.29 is 4.79 Å². The van der Waals surface area contributed by atoms with Crippen LogP contribution < -0.4 is 5.73 Å². The number of thiophene rings is 1. The van der Waals surface area contributed by atoms with Crippen molar-refractivity contribution in [1.29, 1.82) is 0 Å². The molecule has 0 aliphatic carbocycles. The van der Waals surface area contributed by atoms with Crippen LogP contribution in [0.2, 0.25) is 0 Å². The summed E-state index contributed by atoms with van der Waals surface area (Å²) in [7, 11) is 0. The van der Waals surface area contributed by atoms with Gasteiger partial charge >= 0.3 is 0 Å². The van der Waals surface area contributed by atoms with Crippen LogP contribution >= 0.6 is 11.3 Å². The summed E-state index contributed by atoms with van der Waals surface area (Å²) in [5, 5.41) is 1.98. The summed E-state index contributed by atoms with van der Waals surface area (Å²) in [4.78, 5) is 13.2. The van der Waals surface area contributed by atoms with Crippen molar-refractivity contribution in [2.45, 2.75) is 19.3 Å². The van der Waals surface area contributed by atoms with Crippen LogP contribution in [0.3, 0.4) is 0 Å². The lowest BCUT2D eigenvalue weighted by Gasteiger charge is -2.34. The highest BCUT2D eigenvalue weighted by Crippen LogP contribution is 2.41. The molecule has 0 saturated carbocycles. The molecule has 0 aliphatic heterocycles. The van der Waals surface area contributed by atoms with E-state index >= 15 is 0 Å². The lowest BCUT2D eigenvalue weighted by atomic mass is 9.70. The van der Waals surface area contributed by atoms with E-state index in [0.717, 1.165) is 10.4 Å². The van der Waals surface area contributed by atoms with Gasteiger partial charge in [-0.1, -0.05) is 50.2 Å². The maximum Gasteiger partial charge on any atom is 0.233 e. The third-order valence-electron chi connectivity index (χ3n) is 3.39. The summed E-state index contributed by atoms with van der Waals surface area (Å²) in [6, 6.07) is 13.7. The van der Waals surface area contributed by atoms with Crippen molar-refractivity contribution in [3.8, 4) is 0 Å². The Morgan fingerprint density at radius 2 is 1.83 bits per heavy atom. The highest BCUT2D eigenvalue weighted by atomic mass is 32.1. The van der Waals surface area contributed by atoms with E-state index in [0.29, 0.717) is 0 Å². The molecule has 0 radical (unpaired) electrons. The molecule has 3 heteroatoms. The minimum absolute atomic E-state index is 0.107. The molecule has 1 atom stereocenters. The highest BCUT2D eigenvalue weighted by molar-refractivity contribution is 7.10. The monoisotopic (exact) mass is 259 g/mol. The van der Waals surface area contributed by atoms with Crippen molar-refractivity contribution in [3.05, 3.63) is 58.3 Å². The van der Waals surface area contributed by atoms with Crippen LogP contribution in [0.5, 0.6) is 0 Å². The molecule has 2 aromatic rings. The second kappa shape index (κ2) is 4.94. The second-order valence-electron chi connectivity index (χ2n) is 4.67. The summed E-state index contributed by atoms with van der Waals surface area (Å²) < 4.78 is 0. The van der Waals surface area contributed by atoms with Gasteiger partial charge in [0.1, 0.15) is 5.41 Å². The normalized spacial score (nSPS) is 14.4. The average Bonchev–Trinajstić information content (AvgIpc) is 2.84. The zero-order chi connectivity index (χ0) is 13.2. The second-order valence-corrected chi connectivity index (χ2v) is 5.62. The number of benzene rings is 1. The molecule has 1 aromatic carbocycles. The zero-order valence-corrected chi connectivity index (χ0v) is 11.4. The summed E-state index contributed by atoms with van der Waals surface area (Å²) in [6.07, 6.45) is 0. The molecular weight excluding hydrogens is 242 g/mol. The molecule has 1 heterocycles. The predicted octanol–water partition coefficient (Wildman–Crippen LogP) is 3.18. The first-order valence-corrected chi connectivity index (χ1v) is 6.87. The number of hydrogen-bond donors (Lipinski definition) is 1. The van der Waals surface area contributed by atoms with Crippen LogP contribution in [0, 0.1) is 5.92 Å². The van der Waals surface area contributed by atoms with Crippen LogP contribution in [-0.4, -0.2) is 5.91 Å². The van der Waals surface area contributed by atoms with Gasteiger partial charge in [0.05, 0.1) is 0 Å². The van der Waals surface area contributed by atoms with Crippen molar-refractivity contribution in [2.24, 2.45) is 11.7 Å². The van der Waals surface area contributed by atoms with Crippen LogP contribution in [-0.2, 0) is 10.2 Å². The Morgan fingerprint density at radius 1 is 1.17 bits per heavy atom. The van der Waals surface area contributed by atoms with Gasteiger partial charge in [-0.15, -0.1) is 11.3 Å². The van der Waals surface area contributed by atoms with Gasteiger partial charge in [0.25, 0.3) is 0 Å². The Kier molecular flexibility index (Phi) is 3.53. The summed E-state index contributed by atoms with van der Waals surface area (Å²) in [5.74, 6) is -0.179. The molecule has 2 rings (SSSR count). The minimum Gasteiger partial charge on any atom is -0.369 e. The topological polar surface area (TPSA) is 43.1 Å². The number of amides is 1. The Labute approximate surface area is 111 Å². The van der Waals surface area contributed by atoms with Gasteiger partial charge in [0, 0.05) is 4.88 Å². The van der Waals surface area contributed by atoms with Crippen LogP contribution in [0.25, 0.3) is 0 Å². The van der Waals surface area contributed by atoms with Crippen LogP contribution in [0.15, 0.2) is 47.8 Å². The SMILES string of the molecule is CC(C)C(C(N)=O)(c1ccccc1)c1cccs1. The molecule has 94 valence electrons. The molecule has 0 fully saturated rings. The summed E-state index contributed by atoms with van der Waals surface area (Å²) >= 11 is 1.58. The fourth-order valence-electron chi connectivity index (χ4n) is 2.51. The third kappa shape index (κ3) is 1.85. The molecule has 1 unspecified atom stereocenters. The molecule has 18 heavy (non-hydrogen) atoms. The van der Waals surface area contributed by atoms with E-state index in [4.69, 9.17) is 5.73 Å². The van der Waals surface area contributed by atoms with Gasteiger partial charge in [-0.05, 0) is 22.9 Å². The van der Waals surface area contributed by atoms with Gasteiger partial charge in [-0.25, -0.2) is 0 Å². The number of primary amides is 1. The molecule has 2 N–H and O–H groups in total. The first kappa shape index (κ1) is 12.8. The average molecular weight is 259 g/mol. The Balaban J connectivity index is 2.70. The third-order valence-corrected chi connectivity index (χ3v) is 4.40. The number of hydrogen-bond acceptors (Lipinski definition) is 2. The van der Waals surface area contributed by atoms with Crippen LogP contribution in [0.4, 0.5) is 0 Å². The first-order valence-electron chi connectivity index (χ1n) is 5.99. The zero-order valence-electron chi connectivity index (χ0n) is 10.6. The molecule has 0 aliphatic rings. The Bertz CT molecular complexity index is 519. The quantitative estimate of drug-likeness (QED) is 0.900. The molecule has 0 spiro atoms. The number of nitrogens with two attached hydrogens (primary N) is 1. The molecule has 0 bridgehead atoms. The number of carbonyl (C=O) groups excluding carboxylic acids is 1. The number of carbonyl (C=O) groups is 1. The van der Waals surface area contributed by atoms with Crippen molar-refractivity contribution >= 4 is 17.2 Å². The predicted molar refractivity (Wildman–Crippen MR) is 75.6 cm³/mol. The van der Waals surface area contributed by atoms with E-state index in [9.17, 15) is 4.79 Å². The van der Waals surface area contributed by atoms with Crippen LogP contribution in [0.1, 0.15) is 24.3 Å². The van der Waals surface area contributed by atoms with Gasteiger partial charge in [-0.2, -0.15) is 0 Å². The Hall–Kier alpha value is -1.61. The van der Waals surface area contributed by atoms with Gasteiger partial charge in [-0.3, -0.25) is 4.79 Å². The summed E-state index contributed by atoms with van der Waals surface area (Å²) in [6.45, 7) is 4.08. The molecule has 0 saturated heterocycles. The standard InChI is InChI=1S/C15H17NOS/c1-11(2)15(14(16)17,13-9-6-10-18-13)12-7-4-3-5-8-12/h3-11H,1-2H3,(H2,16,17). The fraction of sp³-hybridized carbons (Fsp3) is 0.267. The van der Waals surface area contributed by atoms with Gasteiger partial charge in [0.2, 0.25) is 5.91 Å². The first-order chi connectivity index (χ1) is 8.60. The van der Waals surface area contributed by atoms with E-state index in [-0.39, 0.29) is 11.8 Å². The number of rotatable bonds is 4. The van der Waals surface area contributed by atoms with E-state index in [2.05, 4.69) is 0 Å².